The molecule has 2 aromatic heterocycles. The van der Waals surface area contributed by atoms with Gasteiger partial charge in [0.2, 0.25) is 6.17 Å². The molecular weight excluding hydrogens is 331 g/mol. The number of aromatic nitrogens is 3. The van der Waals surface area contributed by atoms with E-state index in [2.05, 4.69) is 9.97 Å². The van der Waals surface area contributed by atoms with Crippen LogP contribution in [0.2, 0.25) is 0 Å². The second-order valence-corrected chi connectivity index (χ2v) is 6.00. The summed E-state index contributed by atoms with van der Waals surface area (Å²) in [5, 5.41) is 0. The van der Waals surface area contributed by atoms with E-state index >= 15 is 0 Å². The van der Waals surface area contributed by atoms with Gasteiger partial charge in [-0.2, -0.15) is 26.3 Å². The van der Waals surface area contributed by atoms with E-state index in [1.807, 2.05) is 0 Å². The van der Waals surface area contributed by atoms with Crippen LogP contribution in [0.3, 0.4) is 0 Å². The third-order valence-corrected chi connectivity index (χ3v) is 3.06. The van der Waals surface area contributed by atoms with Crippen LogP contribution in [0.15, 0.2) is 12.4 Å². The number of alkyl halides is 7. The highest BCUT2D eigenvalue weighted by Crippen LogP contribution is 2.39. The van der Waals surface area contributed by atoms with E-state index in [1.54, 1.807) is 0 Å². The number of nitrogens with zero attached hydrogens (tertiary/aromatic N) is 3. The summed E-state index contributed by atoms with van der Waals surface area (Å²) in [5.41, 5.74) is -3.99. The first kappa shape index (κ1) is 17.5. The Morgan fingerprint density at radius 1 is 1.04 bits per heavy atom. The van der Waals surface area contributed by atoms with Crippen molar-refractivity contribution in [3.05, 3.63) is 29.5 Å². The monoisotopic (exact) mass is 343 g/mol. The molecule has 0 aliphatic rings. The average molecular weight is 343 g/mol. The molecule has 0 fully saturated rings. The quantitative estimate of drug-likeness (QED) is 0.708. The van der Waals surface area contributed by atoms with Gasteiger partial charge < -0.3 is 0 Å². The fourth-order valence-electron chi connectivity index (χ4n) is 2.06. The average Bonchev–Trinajstić information content (AvgIpc) is 2.74. The van der Waals surface area contributed by atoms with Crippen molar-refractivity contribution < 1.29 is 30.7 Å². The predicted molar refractivity (Wildman–Crippen MR) is 66.6 cm³/mol. The molecule has 2 rings (SSSR count). The second-order valence-electron chi connectivity index (χ2n) is 6.00. The van der Waals surface area contributed by atoms with Gasteiger partial charge in [0.25, 0.3) is 0 Å². The lowest BCUT2D eigenvalue weighted by molar-refractivity contribution is -0.183. The van der Waals surface area contributed by atoms with Crippen molar-refractivity contribution in [2.24, 2.45) is 0 Å². The molecule has 0 radical (unpaired) electrons. The molecule has 0 N–H and O–H groups in total. The molecule has 128 valence electrons. The normalized spacial score (nSPS) is 15.2. The Morgan fingerprint density at radius 3 is 2.04 bits per heavy atom. The van der Waals surface area contributed by atoms with Crippen LogP contribution in [0.5, 0.6) is 0 Å². The van der Waals surface area contributed by atoms with Crippen LogP contribution in [-0.4, -0.2) is 20.5 Å². The number of imidazole rings is 1. The van der Waals surface area contributed by atoms with Gasteiger partial charge in [-0.15, -0.1) is 0 Å². The highest BCUT2D eigenvalue weighted by atomic mass is 19.4. The van der Waals surface area contributed by atoms with E-state index in [1.165, 1.54) is 20.8 Å². The summed E-state index contributed by atoms with van der Waals surface area (Å²) in [4.78, 5) is 6.92. The summed E-state index contributed by atoms with van der Waals surface area (Å²) in [6, 6.07) is 0.572. The van der Waals surface area contributed by atoms with Crippen molar-refractivity contribution in [3.63, 3.8) is 0 Å². The molecule has 0 aliphatic carbocycles. The van der Waals surface area contributed by atoms with Gasteiger partial charge in [0.05, 0.1) is 11.4 Å². The van der Waals surface area contributed by atoms with Crippen LogP contribution in [0.25, 0.3) is 5.65 Å². The number of fused-ring (bicyclic) bond motifs is 1. The van der Waals surface area contributed by atoms with E-state index < -0.39 is 41.0 Å². The molecule has 2 heterocycles. The van der Waals surface area contributed by atoms with E-state index in [9.17, 15) is 30.7 Å². The molecule has 0 aliphatic heterocycles. The molecule has 2 aromatic rings. The highest BCUT2D eigenvalue weighted by molar-refractivity contribution is 5.47. The summed E-state index contributed by atoms with van der Waals surface area (Å²) in [7, 11) is 0. The Bertz CT molecular complexity index is 722. The molecule has 1 atom stereocenters. The highest BCUT2D eigenvalue weighted by Gasteiger charge is 2.44. The Hall–Kier alpha value is -1.87. The van der Waals surface area contributed by atoms with E-state index in [0.29, 0.717) is 16.8 Å². The fourth-order valence-corrected chi connectivity index (χ4v) is 2.06. The lowest BCUT2D eigenvalue weighted by atomic mass is 9.90. The van der Waals surface area contributed by atoms with Gasteiger partial charge in [-0.1, -0.05) is 20.8 Å². The summed E-state index contributed by atoms with van der Waals surface area (Å²) in [5.74, 6) is 0. The van der Waals surface area contributed by atoms with Crippen molar-refractivity contribution in [2.75, 3.05) is 0 Å². The Kier molecular flexibility index (Phi) is 3.85. The smallest absolute Gasteiger partial charge is 0.279 e. The molecule has 1 unspecified atom stereocenters. The van der Waals surface area contributed by atoms with Crippen LogP contribution in [-0.2, 0) is 11.6 Å². The van der Waals surface area contributed by atoms with Crippen molar-refractivity contribution >= 4 is 5.65 Å². The van der Waals surface area contributed by atoms with E-state index in [-0.39, 0.29) is 5.69 Å². The lowest BCUT2D eigenvalue weighted by Gasteiger charge is -2.19. The van der Waals surface area contributed by atoms with Crippen LogP contribution < -0.4 is 0 Å². The molecule has 0 aromatic carbocycles. The zero-order valence-electron chi connectivity index (χ0n) is 12.2. The van der Waals surface area contributed by atoms with Crippen molar-refractivity contribution in [1.82, 2.24) is 14.4 Å². The molecule has 10 heteroatoms. The maximum absolute atomic E-state index is 13.3. The number of hydrogen-bond acceptors (Lipinski definition) is 2. The molecule has 0 saturated carbocycles. The molecule has 23 heavy (non-hydrogen) atoms. The molecule has 0 bridgehead atoms. The summed E-state index contributed by atoms with van der Waals surface area (Å²) in [6.45, 7) is 4.43. The van der Waals surface area contributed by atoms with Crippen LogP contribution in [0, 0.1) is 0 Å². The minimum absolute atomic E-state index is 0.355. The standard InChI is InChI=1S/C13H12F7N3/c1-11(2,3)9-10(13(18,19)20)23-5-21-6(4-7(23)22-9)8(14)12(15,16)17/h4-5,8H,1-3H3. The topological polar surface area (TPSA) is 30.2 Å². The third-order valence-electron chi connectivity index (χ3n) is 3.06. The molecule has 0 saturated heterocycles. The third kappa shape index (κ3) is 3.25. The van der Waals surface area contributed by atoms with Crippen LogP contribution >= 0.6 is 0 Å². The zero-order chi connectivity index (χ0) is 17.8. The SMILES string of the molecule is CC(C)(C)c1nc2cc(C(F)C(F)(F)F)ncn2c1C(F)(F)F. The van der Waals surface area contributed by atoms with Gasteiger partial charge in [-0.3, -0.25) is 4.40 Å². The first-order valence-corrected chi connectivity index (χ1v) is 6.39. The number of halogens is 7. The fraction of sp³-hybridized carbons (Fsp3) is 0.538. The molecule has 3 nitrogen and oxygen atoms in total. The zero-order valence-corrected chi connectivity index (χ0v) is 12.2. The summed E-state index contributed by atoms with van der Waals surface area (Å²) >= 11 is 0. The van der Waals surface area contributed by atoms with Gasteiger partial charge in [0, 0.05) is 11.5 Å². The van der Waals surface area contributed by atoms with Crippen molar-refractivity contribution in [2.45, 2.75) is 44.7 Å². The van der Waals surface area contributed by atoms with E-state index in [4.69, 9.17) is 0 Å². The Morgan fingerprint density at radius 2 is 1.61 bits per heavy atom. The lowest BCUT2D eigenvalue weighted by Crippen LogP contribution is -2.21. The first-order valence-electron chi connectivity index (χ1n) is 6.39. The van der Waals surface area contributed by atoms with Crippen molar-refractivity contribution in [1.29, 1.82) is 0 Å². The minimum atomic E-state index is -5.20. The van der Waals surface area contributed by atoms with Crippen LogP contribution in [0.4, 0.5) is 30.7 Å². The largest absolute Gasteiger partial charge is 0.433 e. The number of hydrogen-bond donors (Lipinski definition) is 0. The second kappa shape index (κ2) is 5.07. The molecule has 0 amide bonds. The predicted octanol–water partition coefficient (Wildman–Crippen LogP) is 4.62. The minimum Gasteiger partial charge on any atom is -0.279 e. The molecule has 0 spiro atoms. The van der Waals surface area contributed by atoms with Gasteiger partial charge in [-0.05, 0) is 0 Å². The maximum Gasteiger partial charge on any atom is 0.433 e. The van der Waals surface area contributed by atoms with Gasteiger partial charge in [-0.25, -0.2) is 14.4 Å². The Balaban J connectivity index is 2.71. The van der Waals surface area contributed by atoms with E-state index in [0.717, 1.165) is 0 Å². The van der Waals surface area contributed by atoms with Crippen LogP contribution in [0.1, 0.15) is 44.0 Å². The summed E-state index contributed by atoms with van der Waals surface area (Å²) < 4.78 is 90.7. The van der Waals surface area contributed by atoms with Gasteiger partial charge >= 0.3 is 12.4 Å². The number of rotatable bonds is 1. The summed E-state index contributed by atoms with van der Waals surface area (Å²) in [6.07, 6.45) is -12.9. The first-order chi connectivity index (χ1) is 10.2. The Labute approximate surface area is 126 Å². The van der Waals surface area contributed by atoms with Gasteiger partial charge in [0.15, 0.2) is 5.69 Å². The van der Waals surface area contributed by atoms with Crippen molar-refractivity contribution in [3.8, 4) is 0 Å². The molecular formula is C13H12F7N3. The van der Waals surface area contributed by atoms with Gasteiger partial charge in [0.1, 0.15) is 12.0 Å². The maximum atomic E-state index is 13.3.